The van der Waals surface area contributed by atoms with Crippen LogP contribution in [0.2, 0.25) is 0 Å². The van der Waals surface area contributed by atoms with E-state index >= 15 is 0 Å². The van der Waals surface area contributed by atoms with Gasteiger partial charge in [0.05, 0.1) is 10.6 Å². The Morgan fingerprint density at radius 1 is 1.30 bits per heavy atom. The molecular weight excluding hydrogens is 278 g/mol. The molecule has 0 aliphatic rings. The number of hydrogen-bond acceptors (Lipinski definition) is 6. The van der Waals surface area contributed by atoms with Crippen molar-refractivity contribution in [2.24, 2.45) is 0 Å². The van der Waals surface area contributed by atoms with Gasteiger partial charge in [0.2, 0.25) is 0 Å². The number of nitrogens with one attached hydrogen (secondary N) is 1. The Morgan fingerprint density at radius 2 is 1.95 bits per heavy atom. The average molecular weight is 291 g/mol. The van der Waals surface area contributed by atoms with Gasteiger partial charge in [0, 0.05) is 22.9 Å². The van der Waals surface area contributed by atoms with Gasteiger partial charge in [0.15, 0.2) is 0 Å². The number of aromatic hydroxyl groups is 1. The second kappa shape index (κ2) is 5.70. The summed E-state index contributed by atoms with van der Waals surface area (Å²) in [7, 11) is 1.62. The zero-order valence-electron chi connectivity index (χ0n) is 10.7. The molecule has 0 radical (unpaired) electrons. The number of rotatable bonds is 4. The van der Waals surface area contributed by atoms with Crippen molar-refractivity contribution in [3.63, 3.8) is 0 Å². The van der Waals surface area contributed by atoms with Crippen LogP contribution in [0.25, 0.3) is 0 Å². The summed E-state index contributed by atoms with van der Waals surface area (Å²) in [4.78, 5) is 12.0. The number of benzene rings is 2. The molecule has 0 aromatic heterocycles. The number of nitrogens with zero attached hydrogens (tertiary/aromatic N) is 1. The Kier molecular flexibility index (Phi) is 3.99. The Hall–Kier alpha value is -2.41. The first-order valence-corrected chi connectivity index (χ1v) is 6.55. The Labute approximate surface area is 119 Å². The average Bonchev–Trinajstić information content (AvgIpc) is 2.42. The van der Waals surface area contributed by atoms with Crippen molar-refractivity contribution in [1.29, 1.82) is 0 Å². The van der Waals surface area contributed by atoms with Gasteiger partial charge in [-0.05, 0) is 30.3 Å². The van der Waals surface area contributed by atoms with Gasteiger partial charge in [0.1, 0.15) is 11.4 Å². The van der Waals surface area contributed by atoms with Gasteiger partial charge in [-0.15, -0.1) is 0 Å². The molecule has 2 aromatic carbocycles. The van der Waals surface area contributed by atoms with E-state index in [0.717, 1.165) is 4.90 Å². The SMILES string of the molecule is CNc1cc(Sc2ccc(O)cc2)c(N)cc1[N+](=O)[O-]. The van der Waals surface area contributed by atoms with E-state index in [4.69, 9.17) is 5.73 Å². The fourth-order valence-electron chi connectivity index (χ4n) is 1.67. The smallest absolute Gasteiger partial charge is 0.294 e. The fraction of sp³-hybridized carbons (Fsp3) is 0.0769. The summed E-state index contributed by atoms with van der Waals surface area (Å²) in [5.41, 5.74) is 6.55. The third-order valence-corrected chi connectivity index (χ3v) is 3.74. The zero-order valence-corrected chi connectivity index (χ0v) is 11.5. The third-order valence-electron chi connectivity index (χ3n) is 2.66. The second-order valence-electron chi connectivity index (χ2n) is 4.01. The molecule has 0 bridgehead atoms. The highest BCUT2D eigenvalue weighted by Gasteiger charge is 2.16. The Morgan fingerprint density at radius 3 is 2.50 bits per heavy atom. The standard InChI is InChI=1S/C13H13N3O3S/c1-15-11-7-13(10(14)6-12(11)16(18)19)20-9-4-2-8(17)3-5-9/h2-7,15,17H,14H2,1H3. The summed E-state index contributed by atoms with van der Waals surface area (Å²) in [5.74, 6) is 0.182. The lowest BCUT2D eigenvalue weighted by Crippen LogP contribution is -1.99. The molecular formula is C13H13N3O3S. The van der Waals surface area contributed by atoms with Crippen LogP contribution in [0.5, 0.6) is 5.75 Å². The topological polar surface area (TPSA) is 101 Å². The molecule has 0 aliphatic carbocycles. The lowest BCUT2D eigenvalue weighted by molar-refractivity contribution is -0.383. The van der Waals surface area contributed by atoms with Crippen LogP contribution in [0.15, 0.2) is 46.2 Å². The summed E-state index contributed by atoms with van der Waals surface area (Å²) in [5, 5.41) is 22.9. The first-order valence-electron chi connectivity index (χ1n) is 5.74. The number of phenols is 1. The van der Waals surface area contributed by atoms with Crippen molar-refractivity contribution >= 4 is 28.8 Å². The van der Waals surface area contributed by atoms with E-state index in [1.54, 1.807) is 37.4 Å². The Balaban J connectivity index is 2.37. The summed E-state index contributed by atoms with van der Waals surface area (Å²) in [6, 6.07) is 9.63. The molecule has 0 saturated heterocycles. The lowest BCUT2D eigenvalue weighted by atomic mass is 10.2. The monoisotopic (exact) mass is 291 g/mol. The van der Waals surface area contributed by atoms with Crippen LogP contribution < -0.4 is 11.1 Å². The predicted molar refractivity (Wildman–Crippen MR) is 79.3 cm³/mol. The fourth-order valence-corrected chi connectivity index (χ4v) is 2.55. The summed E-state index contributed by atoms with van der Waals surface area (Å²) >= 11 is 1.37. The quantitative estimate of drug-likeness (QED) is 0.454. The number of nitro groups is 1. The van der Waals surface area contributed by atoms with Crippen LogP contribution in [0.1, 0.15) is 0 Å². The molecule has 4 N–H and O–H groups in total. The van der Waals surface area contributed by atoms with Crippen LogP contribution in [0.3, 0.4) is 0 Å². The summed E-state index contributed by atoms with van der Waals surface area (Å²) < 4.78 is 0. The van der Waals surface area contributed by atoms with E-state index < -0.39 is 4.92 Å². The Bertz CT molecular complexity index is 644. The number of nitrogen functional groups attached to an aromatic ring is 1. The maximum atomic E-state index is 10.9. The molecule has 0 unspecified atom stereocenters. The van der Waals surface area contributed by atoms with E-state index in [1.807, 2.05) is 0 Å². The molecule has 0 spiro atoms. The molecule has 6 nitrogen and oxygen atoms in total. The lowest BCUT2D eigenvalue weighted by Gasteiger charge is -2.09. The number of phenolic OH excluding ortho intramolecular Hbond substituents is 1. The van der Waals surface area contributed by atoms with Gasteiger partial charge in [-0.1, -0.05) is 11.8 Å². The molecule has 7 heteroatoms. The zero-order chi connectivity index (χ0) is 14.7. The summed E-state index contributed by atoms with van der Waals surface area (Å²) in [6.07, 6.45) is 0. The van der Waals surface area contributed by atoms with Crippen molar-refractivity contribution in [3.05, 3.63) is 46.5 Å². The third kappa shape index (κ3) is 2.94. The molecule has 0 amide bonds. The van der Waals surface area contributed by atoms with Crippen molar-refractivity contribution in [1.82, 2.24) is 0 Å². The molecule has 0 fully saturated rings. The highest BCUT2D eigenvalue weighted by atomic mass is 32.2. The van der Waals surface area contributed by atoms with E-state index in [0.29, 0.717) is 16.3 Å². The molecule has 0 atom stereocenters. The minimum Gasteiger partial charge on any atom is -0.508 e. The molecule has 0 heterocycles. The van der Waals surface area contributed by atoms with E-state index in [9.17, 15) is 15.2 Å². The largest absolute Gasteiger partial charge is 0.508 e. The van der Waals surface area contributed by atoms with Crippen molar-refractivity contribution in [2.45, 2.75) is 9.79 Å². The number of nitrogens with two attached hydrogens (primary N) is 1. The second-order valence-corrected chi connectivity index (χ2v) is 5.13. The van der Waals surface area contributed by atoms with Gasteiger partial charge >= 0.3 is 0 Å². The van der Waals surface area contributed by atoms with Crippen molar-refractivity contribution < 1.29 is 10.0 Å². The normalized spacial score (nSPS) is 10.2. The van der Waals surface area contributed by atoms with Crippen LogP contribution in [0.4, 0.5) is 17.1 Å². The summed E-state index contributed by atoms with van der Waals surface area (Å²) in [6.45, 7) is 0. The van der Waals surface area contributed by atoms with Crippen LogP contribution in [0, 0.1) is 10.1 Å². The predicted octanol–water partition coefficient (Wildman–Crippen LogP) is 3.08. The van der Waals surface area contributed by atoms with Crippen LogP contribution in [-0.2, 0) is 0 Å². The van der Waals surface area contributed by atoms with Gasteiger partial charge in [-0.2, -0.15) is 0 Å². The minimum atomic E-state index is -0.475. The first kappa shape index (κ1) is 14.0. The number of anilines is 2. The molecule has 2 rings (SSSR count). The highest BCUT2D eigenvalue weighted by molar-refractivity contribution is 7.99. The molecule has 104 valence electrons. The number of nitro benzene ring substituents is 1. The van der Waals surface area contributed by atoms with E-state index in [-0.39, 0.29) is 11.4 Å². The van der Waals surface area contributed by atoms with Gasteiger partial charge < -0.3 is 16.2 Å². The van der Waals surface area contributed by atoms with E-state index in [1.165, 1.54) is 17.8 Å². The van der Waals surface area contributed by atoms with Crippen LogP contribution in [-0.4, -0.2) is 17.1 Å². The number of hydrogen-bond donors (Lipinski definition) is 3. The van der Waals surface area contributed by atoms with Crippen molar-refractivity contribution in [2.75, 3.05) is 18.1 Å². The van der Waals surface area contributed by atoms with Gasteiger partial charge in [-0.25, -0.2) is 0 Å². The molecule has 2 aromatic rings. The van der Waals surface area contributed by atoms with Gasteiger partial charge in [-0.3, -0.25) is 10.1 Å². The van der Waals surface area contributed by atoms with E-state index in [2.05, 4.69) is 5.32 Å². The van der Waals surface area contributed by atoms with Gasteiger partial charge in [0.25, 0.3) is 5.69 Å². The highest BCUT2D eigenvalue weighted by Crippen LogP contribution is 2.38. The maximum Gasteiger partial charge on any atom is 0.294 e. The molecule has 0 saturated carbocycles. The molecule has 0 aliphatic heterocycles. The maximum absolute atomic E-state index is 10.9. The van der Waals surface area contributed by atoms with Crippen LogP contribution >= 0.6 is 11.8 Å². The first-order chi connectivity index (χ1) is 9.51. The van der Waals surface area contributed by atoms with Crippen molar-refractivity contribution in [3.8, 4) is 5.75 Å². The molecule has 20 heavy (non-hydrogen) atoms. The minimum absolute atomic E-state index is 0.0555.